The number of hydrogen-bond acceptors (Lipinski definition) is 3. The lowest BCUT2D eigenvalue weighted by atomic mass is 9.97. The van der Waals surface area contributed by atoms with E-state index in [-0.39, 0.29) is 0 Å². The van der Waals surface area contributed by atoms with Gasteiger partial charge >= 0.3 is 5.97 Å². The first-order valence-electron chi connectivity index (χ1n) is 7.32. The minimum atomic E-state index is -0.679. The monoisotopic (exact) mass is 256 g/mol. The van der Waals surface area contributed by atoms with Crippen LogP contribution in [0.4, 0.5) is 0 Å². The van der Waals surface area contributed by atoms with Gasteiger partial charge in [0.15, 0.2) is 0 Å². The van der Waals surface area contributed by atoms with Crippen molar-refractivity contribution in [2.24, 2.45) is 0 Å². The molecule has 0 amide bonds. The van der Waals surface area contributed by atoms with E-state index in [9.17, 15) is 9.90 Å². The predicted octanol–water partition coefficient (Wildman–Crippen LogP) is 2.09. The zero-order valence-corrected chi connectivity index (χ0v) is 12.0. The summed E-state index contributed by atoms with van der Waals surface area (Å²) in [5.74, 6) is -0.675. The minimum absolute atomic E-state index is 0.426. The van der Waals surface area contributed by atoms with Gasteiger partial charge in [-0.2, -0.15) is 0 Å². The van der Waals surface area contributed by atoms with Gasteiger partial charge in [0.25, 0.3) is 0 Å². The Labute approximate surface area is 111 Å². The minimum Gasteiger partial charge on any atom is -0.480 e. The van der Waals surface area contributed by atoms with Crippen molar-refractivity contribution in [2.45, 2.75) is 64.5 Å². The summed E-state index contributed by atoms with van der Waals surface area (Å²) >= 11 is 0. The number of carboxylic acids is 1. The van der Waals surface area contributed by atoms with Crippen LogP contribution in [0, 0.1) is 0 Å². The van der Waals surface area contributed by atoms with Crippen LogP contribution in [0.1, 0.15) is 52.9 Å². The Morgan fingerprint density at radius 3 is 2.61 bits per heavy atom. The molecule has 0 bridgehead atoms. The Bertz CT molecular complexity index is 271. The Hall–Kier alpha value is -0.610. The van der Waals surface area contributed by atoms with Crippen LogP contribution in [-0.4, -0.2) is 47.2 Å². The number of carboxylic acid groups (broad SMARTS) is 1. The van der Waals surface area contributed by atoms with Crippen LogP contribution in [0.25, 0.3) is 0 Å². The number of aliphatic carboxylic acids is 1. The van der Waals surface area contributed by atoms with Gasteiger partial charge in [-0.05, 0) is 51.7 Å². The van der Waals surface area contributed by atoms with E-state index in [0.29, 0.717) is 6.04 Å². The normalized spacial score (nSPS) is 27.9. The molecule has 0 spiro atoms. The first-order chi connectivity index (χ1) is 8.59. The quantitative estimate of drug-likeness (QED) is 0.698. The molecule has 1 saturated carbocycles. The van der Waals surface area contributed by atoms with Gasteiger partial charge in [-0.3, -0.25) is 4.79 Å². The van der Waals surface area contributed by atoms with Gasteiger partial charge in [0.2, 0.25) is 0 Å². The molecule has 0 aromatic rings. The molecule has 0 aliphatic heterocycles. The highest BCUT2D eigenvalue weighted by molar-refractivity contribution is 5.79. The van der Waals surface area contributed by atoms with Gasteiger partial charge in [-0.1, -0.05) is 20.8 Å². The molecule has 0 aromatic heterocycles. The molecule has 0 saturated heterocycles. The summed E-state index contributed by atoms with van der Waals surface area (Å²) in [7, 11) is 0. The maximum atomic E-state index is 11.6. The lowest BCUT2D eigenvalue weighted by Crippen LogP contribution is -2.51. The van der Waals surface area contributed by atoms with Gasteiger partial charge < -0.3 is 15.3 Å². The Morgan fingerprint density at radius 2 is 2.11 bits per heavy atom. The molecule has 2 atom stereocenters. The van der Waals surface area contributed by atoms with Crippen molar-refractivity contribution < 1.29 is 9.90 Å². The standard InChI is InChI=1S/C14H28N2O2/c1-4-9-15-14(13(17)18)8-7-12(11-14)16(6-3)10-5-2/h12,15H,4-11H2,1-3H3,(H,17,18). The summed E-state index contributed by atoms with van der Waals surface area (Å²) in [6.07, 6.45) is 4.61. The van der Waals surface area contributed by atoms with Crippen LogP contribution in [-0.2, 0) is 4.79 Å². The summed E-state index contributed by atoms with van der Waals surface area (Å²) in [6.45, 7) is 9.29. The Kier molecular flexibility index (Phi) is 6.09. The van der Waals surface area contributed by atoms with Crippen molar-refractivity contribution in [1.82, 2.24) is 10.2 Å². The molecule has 1 rings (SSSR count). The third-order valence-corrected chi connectivity index (χ3v) is 4.04. The molecule has 2 N–H and O–H groups in total. The Morgan fingerprint density at radius 1 is 1.39 bits per heavy atom. The van der Waals surface area contributed by atoms with Crippen molar-refractivity contribution in [1.29, 1.82) is 0 Å². The van der Waals surface area contributed by atoms with Crippen LogP contribution < -0.4 is 5.32 Å². The number of rotatable bonds is 8. The zero-order chi connectivity index (χ0) is 13.6. The smallest absolute Gasteiger partial charge is 0.323 e. The van der Waals surface area contributed by atoms with E-state index in [1.54, 1.807) is 0 Å². The van der Waals surface area contributed by atoms with Crippen molar-refractivity contribution in [3.8, 4) is 0 Å². The van der Waals surface area contributed by atoms with Crippen LogP contribution in [0.2, 0.25) is 0 Å². The van der Waals surface area contributed by atoms with Gasteiger partial charge in [-0.25, -0.2) is 0 Å². The highest BCUT2D eigenvalue weighted by Crippen LogP contribution is 2.33. The van der Waals surface area contributed by atoms with Gasteiger partial charge in [0, 0.05) is 6.04 Å². The van der Waals surface area contributed by atoms with E-state index >= 15 is 0 Å². The van der Waals surface area contributed by atoms with Crippen LogP contribution in [0.15, 0.2) is 0 Å². The predicted molar refractivity (Wildman–Crippen MR) is 73.8 cm³/mol. The number of nitrogens with one attached hydrogen (secondary N) is 1. The van der Waals surface area contributed by atoms with Crippen molar-refractivity contribution >= 4 is 5.97 Å². The third kappa shape index (κ3) is 3.45. The molecule has 1 aliphatic carbocycles. The number of carbonyl (C=O) groups is 1. The highest BCUT2D eigenvalue weighted by atomic mass is 16.4. The van der Waals surface area contributed by atoms with Crippen LogP contribution >= 0.6 is 0 Å². The van der Waals surface area contributed by atoms with E-state index in [2.05, 4.69) is 31.0 Å². The maximum absolute atomic E-state index is 11.6. The molecule has 1 fully saturated rings. The van der Waals surface area contributed by atoms with Crippen molar-refractivity contribution in [3.05, 3.63) is 0 Å². The van der Waals surface area contributed by atoms with E-state index in [0.717, 1.165) is 51.7 Å². The summed E-state index contributed by atoms with van der Waals surface area (Å²) < 4.78 is 0. The topological polar surface area (TPSA) is 52.6 Å². The lowest BCUT2D eigenvalue weighted by molar-refractivity contribution is -0.144. The van der Waals surface area contributed by atoms with Crippen molar-refractivity contribution in [2.75, 3.05) is 19.6 Å². The largest absolute Gasteiger partial charge is 0.480 e. The molecule has 106 valence electrons. The Balaban J connectivity index is 2.66. The van der Waals surface area contributed by atoms with Gasteiger partial charge in [-0.15, -0.1) is 0 Å². The summed E-state index contributed by atoms with van der Waals surface area (Å²) in [5.41, 5.74) is -0.679. The SMILES string of the molecule is CCCNC1(C(=O)O)CCC(N(CC)CCC)C1. The zero-order valence-electron chi connectivity index (χ0n) is 12.0. The third-order valence-electron chi connectivity index (χ3n) is 4.04. The molecule has 2 unspecified atom stereocenters. The average molecular weight is 256 g/mol. The average Bonchev–Trinajstić information content (AvgIpc) is 2.79. The maximum Gasteiger partial charge on any atom is 0.323 e. The second-order valence-electron chi connectivity index (χ2n) is 5.34. The molecule has 4 nitrogen and oxygen atoms in total. The van der Waals surface area contributed by atoms with E-state index < -0.39 is 11.5 Å². The molecule has 4 heteroatoms. The van der Waals surface area contributed by atoms with Gasteiger partial charge in [0.05, 0.1) is 0 Å². The first kappa shape index (κ1) is 15.4. The van der Waals surface area contributed by atoms with E-state index in [1.165, 1.54) is 0 Å². The fourth-order valence-electron chi connectivity index (χ4n) is 3.01. The van der Waals surface area contributed by atoms with Crippen molar-refractivity contribution in [3.63, 3.8) is 0 Å². The van der Waals surface area contributed by atoms with E-state index in [1.807, 2.05) is 0 Å². The molecule has 0 heterocycles. The molecular weight excluding hydrogens is 228 g/mol. The first-order valence-corrected chi connectivity index (χ1v) is 7.32. The van der Waals surface area contributed by atoms with Gasteiger partial charge in [0.1, 0.15) is 5.54 Å². The second-order valence-corrected chi connectivity index (χ2v) is 5.34. The highest BCUT2D eigenvalue weighted by Gasteiger charge is 2.46. The molecular formula is C14H28N2O2. The molecule has 0 aromatic carbocycles. The number of hydrogen-bond donors (Lipinski definition) is 2. The second kappa shape index (κ2) is 7.10. The molecule has 1 aliphatic rings. The summed E-state index contributed by atoms with van der Waals surface area (Å²) in [5, 5.41) is 12.8. The fraction of sp³-hybridized carbons (Fsp3) is 0.929. The number of nitrogens with zero attached hydrogens (tertiary/aromatic N) is 1. The van der Waals surface area contributed by atoms with Crippen LogP contribution in [0.5, 0.6) is 0 Å². The summed E-state index contributed by atoms with van der Waals surface area (Å²) in [4.78, 5) is 14.0. The van der Waals surface area contributed by atoms with Crippen LogP contribution in [0.3, 0.4) is 0 Å². The molecule has 18 heavy (non-hydrogen) atoms. The van der Waals surface area contributed by atoms with E-state index in [4.69, 9.17) is 0 Å². The lowest BCUT2D eigenvalue weighted by Gasteiger charge is -2.30. The molecule has 0 radical (unpaired) electrons. The summed E-state index contributed by atoms with van der Waals surface area (Å²) in [6, 6.07) is 0.426. The fourth-order valence-corrected chi connectivity index (χ4v) is 3.01.